The van der Waals surface area contributed by atoms with Gasteiger partial charge in [-0.2, -0.15) is 0 Å². The number of amides is 1. The van der Waals surface area contributed by atoms with Crippen LogP contribution in [-0.2, 0) is 14.3 Å². The topological polar surface area (TPSA) is 64.6 Å². The molecule has 0 aliphatic rings. The number of hydrogen-bond acceptors (Lipinski definition) is 5. The van der Waals surface area contributed by atoms with Crippen LogP contribution in [-0.4, -0.2) is 30.8 Å². The molecule has 0 aliphatic carbocycles. The van der Waals surface area contributed by atoms with Gasteiger partial charge in [0, 0.05) is 15.6 Å². The van der Waals surface area contributed by atoms with E-state index in [4.69, 9.17) is 21.1 Å². The minimum absolute atomic E-state index is 0.116. The zero-order chi connectivity index (χ0) is 18.2. The van der Waals surface area contributed by atoms with Gasteiger partial charge >= 0.3 is 5.97 Å². The Morgan fingerprint density at radius 2 is 1.76 bits per heavy atom. The minimum atomic E-state index is -0.889. The van der Waals surface area contributed by atoms with Crippen molar-refractivity contribution < 1.29 is 19.1 Å². The summed E-state index contributed by atoms with van der Waals surface area (Å²) < 4.78 is 10.2. The second-order valence-electron chi connectivity index (χ2n) is 5.09. The number of carbonyl (C=O) groups excluding carboxylic acids is 2. The highest BCUT2D eigenvalue weighted by Crippen LogP contribution is 2.21. The first-order chi connectivity index (χ1) is 12.0. The SMILES string of the molecule is COc1ccc(SCC(=O)O[C@@H](C)C(=O)Nc2ccc(Cl)cc2)cc1. The van der Waals surface area contributed by atoms with E-state index in [1.54, 1.807) is 31.4 Å². The van der Waals surface area contributed by atoms with Crippen molar-refractivity contribution in [2.75, 3.05) is 18.2 Å². The third kappa shape index (κ3) is 6.32. The molecule has 5 nitrogen and oxygen atoms in total. The summed E-state index contributed by atoms with van der Waals surface area (Å²) >= 11 is 7.12. The first-order valence-electron chi connectivity index (χ1n) is 7.50. The maximum Gasteiger partial charge on any atom is 0.317 e. The van der Waals surface area contributed by atoms with Crippen LogP contribution in [0.25, 0.3) is 0 Å². The van der Waals surface area contributed by atoms with Crippen LogP contribution in [0, 0.1) is 0 Å². The van der Waals surface area contributed by atoms with E-state index in [9.17, 15) is 9.59 Å². The Morgan fingerprint density at radius 3 is 2.36 bits per heavy atom. The van der Waals surface area contributed by atoms with Gasteiger partial charge < -0.3 is 14.8 Å². The van der Waals surface area contributed by atoms with E-state index in [0.29, 0.717) is 10.7 Å². The summed E-state index contributed by atoms with van der Waals surface area (Å²) in [7, 11) is 1.59. The van der Waals surface area contributed by atoms with Gasteiger partial charge in [-0.15, -0.1) is 11.8 Å². The molecule has 2 aromatic carbocycles. The molecular formula is C18H18ClNO4S. The fourth-order valence-electron chi connectivity index (χ4n) is 1.88. The molecule has 0 radical (unpaired) electrons. The van der Waals surface area contributed by atoms with E-state index in [2.05, 4.69) is 5.32 Å². The maximum atomic E-state index is 12.0. The molecule has 7 heteroatoms. The highest BCUT2D eigenvalue weighted by Gasteiger charge is 2.18. The Hall–Kier alpha value is -2.18. The van der Waals surface area contributed by atoms with Gasteiger partial charge in [-0.25, -0.2) is 0 Å². The Bertz CT molecular complexity index is 719. The molecule has 1 amide bonds. The number of nitrogens with one attached hydrogen (secondary N) is 1. The van der Waals surface area contributed by atoms with Crippen molar-refractivity contribution in [3.8, 4) is 5.75 Å². The number of rotatable bonds is 7. The standard InChI is InChI=1S/C18H18ClNO4S/c1-12(18(22)20-14-5-3-13(19)4-6-14)24-17(21)11-25-16-9-7-15(23-2)8-10-16/h3-10,12H,11H2,1-2H3,(H,20,22)/t12-/m0/s1. The number of thioether (sulfide) groups is 1. The van der Waals surface area contributed by atoms with Crippen LogP contribution in [0.1, 0.15) is 6.92 Å². The number of methoxy groups -OCH3 is 1. The van der Waals surface area contributed by atoms with Gasteiger partial charge in [0.2, 0.25) is 0 Å². The van der Waals surface area contributed by atoms with Crippen LogP contribution >= 0.6 is 23.4 Å². The first-order valence-corrected chi connectivity index (χ1v) is 8.87. The van der Waals surface area contributed by atoms with Crippen molar-refractivity contribution in [2.24, 2.45) is 0 Å². The van der Waals surface area contributed by atoms with Gasteiger partial charge in [0.15, 0.2) is 6.10 Å². The van der Waals surface area contributed by atoms with Gasteiger partial charge in [-0.1, -0.05) is 11.6 Å². The molecule has 132 valence electrons. The Kier molecular flexibility index (Phi) is 7.16. The van der Waals surface area contributed by atoms with Gasteiger partial charge in [0.25, 0.3) is 5.91 Å². The van der Waals surface area contributed by atoms with Crippen molar-refractivity contribution >= 4 is 40.9 Å². The number of esters is 1. The van der Waals surface area contributed by atoms with E-state index in [1.165, 1.54) is 18.7 Å². The molecule has 0 unspecified atom stereocenters. The second kappa shape index (κ2) is 9.34. The van der Waals surface area contributed by atoms with Crippen LogP contribution in [0.3, 0.4) is 0 Å². The number of benzene rings is 2. The Balaban J connectivity index is 1.78. The number of carbonyl (C=O) groups is 2. The van der Waals surface area contributed by atoms with Crippen LogP contribution in [0.4, 0.5) is 5.69 Å². The Morgan fingerprint density at radius 1 is 1.12 bits per heavy atom. The molecule has 1 atom stereocenters. The monoisotopic (exact) mass is 379 g/mol. The Labute approximate surface area is 155 Å². The average Bonchev–Trinajstić information content (AvgIpc) is 2.62. The van der Waals surface area contributed by atoms with E-state index >= 15 is 0 Å². The smallest absolute Gasteiger partial charge is 0.317 e. The molecule has 0 saturated carbocycles. The fourth-order valence-corrected chi connectivity index (χ4v) is 2.68. The summed E-state index contributed by atoms with van der Waals surface area (Å²) in [5.74, 6) is 0.00866. The fraction of sp³-hybridized carbons (Fsp3) is 0.222. The van der Waals surface area contributed by atoms with Crippen molar-refractivity contribution in [3.05, 3.63) is 53.6 Å². The zero-order valence-electron chi connectivity index (χ0n) is 13.8. The number of anilines is 1. The van der Waals surface area contributed by atoms with Crippen LogP contribution in [0.15, 0.2) is 53.4 Å². The molecule has 0 heterocycles. The van der Waals surface area contributed by atoms with E-state index in [-0.39, 0.29) is 5.75 Å². The summed E-state index contributed by atoms with van der Waals surface area (Å²) in [6.45, 7) is 1.53. The zero-order valence-corrected chi connectivity index (χ0v) is 15.4. The normalized spacial score (nSPS) is 11.5. The van der Waals surface area contributed by atoms with Crippen LogP contribution in [0.5, 0.6) is 5.75 Å². The molecule has 0 aliphatic heterocycles. The van der Waals surface area contributed by atoms with Gasteiger partial charge in [-0.05, 0) is 55.5 Å². The number of halogens is 1. The van der Waals surface area contributed by atoms with Gasteiger partial charge in [0.1, 0.15) is 5.75 Å². The van der Waals surface area contributed by atoms with Crippen LogP contribution in [0.2, 0.25) is 5.02 Å². The molecule has 2 aromatic rings. The number of hydrogen-bond donors (Lipinski definition) is 1. The average molecular weight is 380 g/mol. The lowest BCUT2D eigenvalue weighted by molar-refractivity contribution is -0.150. The lowest BCUT2D eigenvalue weighted by Crippen LogP contribution is -2.30. The second-order valence-corrected chi connectivity index (χ2v) is 6.58. The molecule has 0 aromatic heterocycles. The molecule has 2 rings (SSSR count). The maximum absolute atomic E-state index is 12.0. The minimum Gasteiger partial charge on any atom is -0.497 e. The van der Waals surface area contributed by atoms with Crippen molar-refractivity contribution in [3.63, 3.8) is 0 Å². The van der Waals surface area contributed by atoms with Crippen molar-refractivity contribution in [1.29, 1.82) is 0 Å². The van der Waals surface area contributed by atoms with Crippen LogP contribution < -0.4 is 10.1 Å². The molecule has 0 spiro atoms. The highest BCUT2D eigenvalue weighted by molar-refractivity contribution is 8.00. The van der Waals surface area contributed by atoms with Gasteiger partial charge in [0.05, 0.1) is 12.9 Å². The lowest BCUT2D eigenvalue weighted by Gasteiger charge is -2.13. The largest absolute Gasteiger partial charge is 0.497 e. The summed E-state index contributed by atoms with van der Waals surface area (Å²) in [6, 6.07) is 14.0. The molecule has 0 fully saturated rings. The first kappa shape index (κ1) is 19.1. The highest BCUT2D eigenvalue weighted by atomic mass is 35.5. The third-order valence-electron chi connectivity index (χ3n) is 3.21. The van der Waals surface area contributed by atoms with Crippen molar-refractivity contribution in [2.45, 2.75) is 17.9 Å². The molecule has 1 N–H and O–H groups in total. The molecule has 0 bridgehead atoms. The summed E-state index contributed by atoms with van der Waals surface area (Å²) in [5, 5.41) is 3.24. The molecule has 25 heavy (non-hydrogen) atoms. The third-order valence-corrected chi connectivity index (χ3v) is 4.44. The summed E-state index contributed by atoms with van der Waals surface area (Å²) in [4.78, 5) is 24.8. The molecular weight excluding hydrogens is 362 g/mol. The number of ether oxygens (including phenoxy) is 2. The van der Waals surface area contributed by atoms with E-state index in [0.717, 1.165) is 10.6 Å². The quantitative estimate of drug-likeness (QED) is 0.581. The van der Waals surface area contributed by atoms with E-state index < -0.39 is 18.0 Å². The van der Waals surface area contributed by atoms with Gasteiger partial charge in [-0.3, -0.25) is 9.59 Å². The summed E-state index contributed by atoms with van der Waals surface area (Å²) in [5.41, 5.74) is 0.588. The predicted molar refractivity (Wildman–Crippen MR) is 99.4 cm³/mol. The lowest BCUT2D eigenvalue weighted by atomic mass is 10.3. The predicted octanol–water partition coefficient (Wildman–Crippen LogP) is 4.01. The van der Waals surface area contributed by atoms with E-state index in [1.807, 2.05) is 24.3 Å². The van der Waals surface area contributed by atoms with Crippen molar-refractivity contribution in [1.82, 2.24) is 0 Å². The summed E-state index contributed by atoms with van der Waals surface area (Å²) in [6.07, 6.45) is -0.889. The molecule has 0 saturated heterocycles.